The van der Waals surface area contributed by atoms with E-state index in [4.69, 9.17) is 16.6 Å². The van der Waals surface area contributed by atoms with Crippen molar-refractivity contribution in [3.05, 3.63) is 35.4 Å². The molecule has 0 saturated heterocycles. The Bertz CT molecular complexity index is 1220. The van der Waals surface area contributed by atoms with Gasteiger partial charge >= 0.3 is 11.9 Å². The van der Waals surface area contributed by atoms with E-state index in [0.717, 1.165) is 20.9 Å². The Morgan fingerprint density at radius 3 is 2.38 bits per heavy atom. The van der Waals surface area contributed by atoms with Crippen LogP contribution in [-0.2, 0) is 20.8 Å². The molecule has 0 aliphatic rings. The summed E-state index contributed by atoms with van der Waals surface area (Å²) in [5.74, 6) is -2.33. The van der Waals surface area contributed by atoms with E-state index in [1.165, 1.54) is 11.8 Å². The molecule has 3 rings (SSSR count). The molecule has 1 atom stereocenters. The lowest BCUT2D eigenvalue weighted by Crippen LogP contribution is -2.41. The summed E-state index contributed by atoms with van der Waals surface area (Å²) in [5, 5.41) is 21.9. The number of benzene rings is 1. The van der Waals surface area contributed by atoms with E-state index in [-0.39, 0.29) is 31.1 Å². The summed E-state index contributed by atoms with van der Waals surface area (Å²) < 4.78 is 0. The van der Waals surface area contributed by atoms with Crippen LogP contribution in [0.1, 0.15) is 43.7 Å². The molecule has 8 N–H and O–H groups in total. The number of rotatable bonds is 10. The normalized spacial score (nSPS) is 12.1. The van der Waals surface area contributed by atoms with E-state index in [1.807, 2.05) is 26.0 Å². The SMILES string of the molecule is CC(C)c1c(Sc2ccc(CC(=O)N[C@@H](CCC(=O)O)C(=O)O)cc2)[nH]c2nc(N)nc(N)c12. The molecule has 0 unspecified atom stereocenters. The number of carboxylic acid groups (broad SMARTS) is 2. The van der Waals surface area contributed by atoms with Crippen LogP contribution in [0.25, 0.3) is 11.0 Å². The van der Waals surface area contributed by atoms with Gasteiger partial charge in [-0.2, -0.15) is 9.97 Å². The molecule has 0 radical (unpaired) electrons. The van der Waals surface area contributed by atoms with Gasteiger partial charge in [0.2, 0.25) is 11.9 Å². The number of carboxylic acids is 2. The van der Waals surface area contributed by atoms with E-state index < -0.39 is 23.9 Å². The van der Waals surface area contributed by atoms with Crippen molar-refractivity contribution >= 4 is 52.4 Å². The van der Waals surface area contributed by atoms with Gasteiger partial charge in [0.05, 0.1) is 16.8 Å². The van der Waals surface area contributed by atoms with Gasteiger partial charge in [-0.05, 0) is 35.6 Å². The van der Waals surface area contributed by atoms with Gasteiger partial charge < -0.3 is 32.0 Å². The minimum absolute atomic E-state index is 0.0309. The predicted molar refractivity (Wildman–Crippen MR) is 128 cm³/mol. The van der Waals surface area contributed by atoms with E-state index in [2.05, 4.69) is 20.3 Å². The molecular formula is C22H26N6O5S. The van der Waals surface area contributed by atoms with Crippen molar-refractivity contribution in [2.24, 2.45) is 0 Å². The highest BCUT2D eigenvalue weighted by atomic mass is 32.2. The third kappa shape index (κ3) is 5.95. The monoisotopic (exact) mass is 486 g/mol. The second kappa shape index (κ2) is 10.4. The second-order valence-electron chi connectivity index (χ2n) is 8.03. The van der Waals surface area contributed by atoms with Gasteiger partial charge in [-0.25, -0.2) is 4.79 Å². The molecule has 0 spiro atoms. The van der Waals surface area contributed by atoms with Crippen molar-refractivity contribution in [1.82, 2.24) is 20.3 Å². The molecule has 11 nitrogen and oxygen atoms in total. The van der Waals surface area contributed by atoms with Gasteiger partial charge in [-0.15, -0.1) is 0 Å². The maximum atomic E-state index is 12.3. The first kappa shape index (κ1) is 24.8. The number of amides is 1. The maximum Gasteiger partial charge on any atom is 0.326 e. The zero-order valence-electron chi connectivity index (χ0n) is 18.7. The number of aromatic amines is 1. The standard InChI is InChI=1S/C22H26N6O5S/c1-10(2)16-17-18(23)26-22(24)28-19(17)27-20(16)34-12-5-3-11(4-6-12)9-14(29)25-13(21(32)33)7-8-15(30)31/h3-6,10,13H,7-9H2,1-2H3,(H,25,29)(H,30,31)(H,32,33)(H5,23,24,26,27,28)/t13-/m0/s1. The average Bonchev–Trinajstić information content (AvgIpc) is 3.10. The summed E-state index contributed by atoms with van der Waals surface area (Å²) in [5.41, 5.74) is 14.1. The average molecular weight is 487 g/mol. The third-order valence-corrected chi connectivity index (χ3v) is 6.10. The Morgan fingerprint density at radius 1 is 1.12 bits per heavy atom. The van der Waals surface area contributed by atoms with Crippen LogP contribution in [-0.4, -0.2) is 49.1 Å². The first-order valence-electron chi connectivity index (χ1n) is 10.5. The highest BCUT2D eigenvalue weighted by Gasteiger charge is 2.22. The number of hydrogen-bond acceptors (Lipinski definition) is 8. The molecule has 180 valence electrons. The fourth-order valence-corrected chi connectivity index (χ4v) is 4.62. The van der Waals surface area contributed by atoms with Gasteiger partial charge in [0.25, 0.3) is 0 Å². The topological polar surface area (TPSA) is 197 Å². The molecule has 12 heteroatoms. The summed E-state index contributed by atoms with van der Waals surface area (Å²) in [4.78, 5) is 46.7. The van der Waals surface area contributed by atoms with Gasteiger partial charge in [0.1, 0.15) is 17.5 Å². The highest BCUT2D eigenvalue weighted by Crippen LogP contribution is 2.39. The van der Waals surface area contributed by atoms with Gasteiger partial charge in [0, 0.05) is 11.3 Å². The van der Waals surface area contributed by atoms with Crippen LogP contribution in [0.2, 0.25) is 0 Å². The summed E-state index contributed by atoms with van der Waals surface area (Å²) in [6.45, 7) is 4.09. The first-order valence-corrected chi connectivity index (χ1v) is 11.3. The minimum Gasteiger partial charge on any atom is -0.481 e. The number of aliphatic carboxylic acids is 2. The van der Waals surface area contributed by atoms with E-state index >= 15 is 0 Å². The quantitative estimate of drug-likeness (QED) is 0.247. The number of nitrogens with two attached hydrogens (primary N) is 2. The molecule has 3 aromatic rings. The van der Waals surface area contributed by atoms with Crippen LogP contribution < -0.4 is 16.8 Å². The summed E-state index contributed by atoms with van der Waals surface area (Å²) in [6.07, 6.45) is -0.564. The molecule has 2 heterocycles. The number of carbonyl (C=O) groups excluding carboxylic acids is 1. The molecular weight excluding hydrogens is 460 g/mol. The van der Waals surface area contributed by atoms with E-state index in [0.29, 0.717) is 17.0 Å². The number of nitrogen functional groups attached to an aromatic ring is 2. The molecule has 0 saturated carbocycles. The maximum absolute atomic E-state index is 12.3. The number of carbonyl (C=O) groups is 3. The summed E-state index contributed by atoms with van der Waals surface area (Å²) in [7, 11) is 0. The molecule has 1 amide bonds. The van der Waals surface area contributed by atoms with Crippen LogP contribution in [0.15, 0.2) is 34.2 Å². The van der Waals surface area contributed by atoms with Crippen LogP contribution in [0.3, 0.4) is 0 Å². The van der Waals surface area contributed by atoms with Crippen molar-refractivity contribution in [3.8, 4) is 0 Å². The lowest BCUT2D eigenvalue weighted by Gasteiger charge is -2.13. The lowest BCUT2D eigenvalue weighted by atomic mass is 10.0. The minimum atomic E-state index is -1.27. The Labute approximate surface area is 199 Å². The number of nitrogens with one attached hydrogen (secondary N) is 2. The largest absolute Gasteiger partial charge is 0.481 e. The zero-order valence-corrected chi connectivity index (χ0v) is 19.5. The van der Waals surface area contributed by atoms with Crippen molar-refractivity contribution < 1.29 is 24.6 Å². The highest BCUT2D eigenvalue weighted by molar-refractivity contribution is 7.99. The Morgan fingerprint density at radius 2 is 1.79 bits per heavy atom. The van der Waals surface area contributed by atoms with Crippen LogP contribution >= 0.6 is 11.8 Å². The Kier molecular flexibility index (Phi) is 7.61. The van der Waals surface area contributed by atoms with Gasteiger partial charge in [0.15, 0.2) is 0 Å². The van der Waals surface area contributed by atoms with Crippen molar-refractivity contribution in [2.75, 3.05) is 11.5 Å². The molecule has 1 aromatic carbocycles. The molecule has 0 fully saturated rings. The first-order chi connectivity index (χ1) is 16.0. The molecule has 34 heavy (non-hydrogen) atoms. The zero-order chi connectivity index (χ0) is 25.0. The number of nitrogens with zero attached hydrogens (tertiary/aromatic N) is 2. The van der Waals surface area contributed by atoms with Crippen molar-refractivity contribution in [3.63, 3.8) is 0 Å². The van der Waals surface area contributed by atoms with Crippen LogP contribution in [0.5, 0.6) is 0 Å². The molecule has 2 aromatic heterocycles. The van der Waals surface area contributed by atoms with Crippen LogP contribution in [0, 0.1) is 0 Å². The van der Waals surface area contributed by atoms with Gasteiger partial charge in [-0.3, -0.25) is 9.59 Å². The van der Waals surface area contributed by atoms with Crippen LogP contribution in [0.4, 0.5) is 11.8 Å². The number of fused-ring (bicyclic) bond motifs is 1. The molecule has 0 aliphatic carbocycles. The number of aromatic nitrogens is 3. The predicted octanol–water partition coefficient (Wildman–Crippen LogP) is 2.37. The molecule has 0 bridgehead atoms. The smallest absolute Gasteiger partial charge is 0.326 e. The fourth-order valence-electron chi connectivity index (χ4n) is 3.52. The van der Waals surface area contributed by atoms with Crippen molar-refractivity contribution in [2.45, 2.75) is 55.0 Å². The van der Waals surface area contributed by atoms with Crippen molar-refractivity contribution in [1.29, 1.82) is 0 Å². The number of anilines is 2. The van der Waals surface area contributed by atoms with E-state index in [9.17, 15) is 19.5 Å². The lowest BCUT2D eigenvalue weighted by molar-refractivity contribution is -0.143. The third-order valence-electron chi connectivity index (χ3n) is 5.07. The number of H-pyrrole nitrogens is 1. The Hall–Kier alpha value is -3.80. The second-order valence-corrected chi connectivity index (χ2v) is 9.11. The van der Waals surface area contributed by atoms with Gasteiger partial charge in [-0.1, -0.05) is 37.7 Å². The summed E-state index contributed by atoms with van der Waals surface area (Å²) >= 11 is 1.48. The Balaban J connectivity index is 1.72. The summed E-state index contributed by atoms with van der Waals surface area (Å²) in [6, 6.07) is 6.01. The van der Waals surface area contributed by atoms with E-state index in [1.54, 1.807) is 12.1 Å². The number of hydrogen-bond donors (Lipinski definition) is 6. The molecule has 0 aliphatic heterocycles. The fraction of sp³-hybridized carbons (Fsp3) is 0.318.